The molecule has 3 atom stereocenters. The number of aliphatic hydroxyl groups is 1. The van der Waals surface area contributed by atoms with Crippen molar-refractivity contribution in [2.45, 2.75) is 46.1 Å². The molecule has 0 saturated heterocycles. The quantitative estimate of drug-likeness (QED) is 0.596. The Labute approximate surface area is 104 Å². The molecule has 0 heterocycles. The number of hydrogen-bond donors (Lipinski definition) is 1. The Morgan fingerprint density at radius 3 is 2.35 bits per heavy atom. The van der Waals surface area contributed by atoms with Gasteiger partial charge in [-0.25, -0.2) is 4.79 Å². The highest BCUT2D eigenvalue weighted by atomic mass is 16.5. The number of methoxy groups -OCH3 is 1. The highest BCUT2D eigenvalue weighted by Gasteiger charge is 2.37. The van der Waals surface area contributed by atoms with E-state index in [2.05, 4.69) is 32.1 Å². The van der Waals surface area contributed by atoms with Gasteiger partial charge in [0.05, 0.1) is 13.2 Å². The van der Waals surface area contributed by atoms with Gasteiger partial charge in [-0.3, -0.25) is 0 Å². The van der Waals surface area contributed by atoms with Gasteiger partial charge < -0.3 is 9.84 Å². The van der Waals surface area contributed by atoms with Crippen LogP contribution in [0.3, 0.4) is 0 Å². The molecule has 3 nitrogen and oxygen atoms in total. The molecule has 1 aliphatic carbocycles. The zero-order valence-corrected chi connectivity index (χ0v) is 11.3. The van der Waals surface area contributed by atoms with Gasteiger partial charge in [0.15, 0.2) is 0 Å². The Morgan fingerprint density at radius 2 is 1.94 bits per heavy atom. The number of aliphatic hydroxyl groups excluding tert-OH is 1. The molecule has 1 saturated carbocycles. The highest BCUT2D eigenvalue weighted by Crippen LogP contribution is 2.41. The van der Waals surface area contributed by atoms with Crippen LogP contribution in [0.5, 0.6) is 0 Å². The molecule has 0 bridgehead atoms. The van der Waals surface area contributed by atoms with Crippen LogP contribution in [-0.4, -0.2) is 24.3 Å². The van der Waals surface area contributed by atoms with E-state index in [1.165, 1.54) is 7.11 Å². The van der Waals surface area contributed by atoms with Crippen molar-refractivity contribution in [3.05, 3.63) is 12.2 Å². The summed E-state index contributed by atoms with van der Waals surface area (Å²) in [7, 11) is 1.35. The van der Waals surface area contributed by atoms with E-state index in [0.29, 0.717) is 11.5 Å². The van der Waals surface area contributed by atoms with Crippen molar-refractivity contribution in [3.63, 3.8) is 0 Å². The molecule has 3 heteroatoms. The van der Waals surface area contributed by atoms with Crippen molar-refractivity contribution < 1.29 is 14.6 Å². The van der Waals surface area contributed by atoms with E-state index in [1.54, 1.807) is 0 Å². The Hall–Kier alpha value is -0.830. The molecule has 0 radical (unpaired) electrons. The topological polar surface area (TPSA) is 46.5 Å². The monoisotopic (exact) mass is 240 g/mol. The molecular weight excluding hydrogens is 216 g/mol. The Bertz CT molecular complexity index is 301. The van der Waals surface area contributed by atoms with Gasteiger partial charge in [0.1, 0.15) is 0 Å². The minimum Gasteiger partial charge on any atom is -0.466 e. The predicted octanol–water partition coefficient (Wildman–Crippen LogP) is 2.54. The summed E-state index contributed by atoms with van der Waals surface area (Å²) in [6.45, 7) is 10.3. The molecule has 1 fully saturated rings. The normalized spacial score (nSPS) is 29.8. The molecule has 0 aliphatic heterocycles. The van der Waals surface area contributed by atoms with Gasteiger partial charge in [0, 0.05) is 11.5 Å². The smallest absolute Gasteiger partial charge is 0.333 e. The summed E-state index contributed by atoms with van der Waals surface area (Å²) in [5.41, 5.74) is 0.616. The van der Waals surface area contributed by atoms with Crippen LogP contribution in [0.25, 0.3) is 0 Å². The lowest BCUT2D eigenvalue weighted by molar-refractivity contribution is -0.137. The van der Waals surface area contributed by atoms with Gasteiger partial charge >= 0.3 is 5.97 Å². The maximum absolute atomic E-state index is 11.4. The lowest BCUT2D eigenvalue weighted by Gasteiger charge is -2.40. The third kappa shape index (κ3) is 3.32. The summed E-state index contributed by atoms with van der Waals surface area (Å²) in [5.74, 6) is -0.0384. The number of carbonyl (C=O) groups is 1. The molecule has 17 heavy (non-hydrogen) atoms. The molecule has 1 aliphatic rings. The molecule has 0 spiro atoms. The van der Waals surface area contributed by atoms with E-state index >= 15 is 0 Å². The van der Waals surface area contributed by atoms with E-state index < -0.39 is 12.1 Å². The van der Waals surface area contributed by atoms with Crippen LogP contribution in [0, 0.1) is 17.3 Å². The summed E-state index contributed by atoms with van der Waals surface area (Å²) in [4.78, 5) is 11.4. The van der Waals surface area contributed by atoms with Crippen LogP contribution in [0.15, 0.2) is 12.2 Å². The third-order valence-corrected chi connectivity index (χ3v) is 3.94. The molecule has 0 aromatic rings. The van der Waals surface area contributed by atoms with Crippen molar-refractivity contribution >= 4 is 5.97 Å². The summed E-state index contributed by atoms with van der Waals surface area (Å²) in [6.07, 6.45) is 2.11. The molecule has 98 valence electrons. The number of carbonyl (C=O) groups excluding carboxylic acids is 1. The first-order chi connectivity index (χ1) is 7.77. The zero-order valence-electron chi connectivity index (χ0n) is 11.3. The molecule has 3 unspecified atom stereocenters. The number of rotatable bonds is 2. The zero-order chi connectivity index (χ0) is 13.2. The SMILES string of the molecule is C=C(C(=O)OC)C1CCC(C(C)(C)C)CC1O. The Kier molecular flexibility index (Phi) is 4.36. The van der Waals surface area contributed by atoms with E-state index in [9.17, 15) is 9.90 Å². The van der Waals surface area contributed by atoms with E-state index in [4.69, 9.17) is 0 Å². The molecule has 1 rings (SSSR count). The fourth-order valence-corrected chi connectivity index (χ4v) is 2.62. The lowest BCUT2D eigenvalue weighted by Crippen LogP contribution is -2.37. The van der Waals surface area contributed by atoms with Crippen molar-refractivity contribution in [3.8, 4) is 0 Å². The van der Waals surface area contributed by atoms with Gasteiger partial charge in [-0.1, -0.05) is 27.4 Å². The average molecular weight is 240 g/mol. The van der Waals surface area contributed by atoms with E-state index in [0.717, 1.165) is 19.3 Å². The van der Waals surface area contributed by atoms with Crippen LogP contribution in [0.4, 0.5) is 0 Å². The van der Waals surface area contributed by atoms with E-state index in [1.807, 2.05) is 0 Å². The number of hydrogen-bond acceptors (Lipinski definition) is 3. The van der Waals surface area contributed by atoms with Crippen molar-refractivity contribution in [1.82, 2.24) is 0 Å². The fraction of sp³-hybridized carbons (Fsp3) is 0.786. The van der Waals surface area contributed by atoms with Gasteiger partial charge in [0.25, 0.3) is 0 Å². The summed E-state index contributed by atoms with van der Waals surface area (Å²) < 4.78 is 4.66. The Morgan fingerprint density at radius 1 is 1.35 bits per heavy atom. The molecule has 0 aromatic carbocycles. The van der Waals surface area contributed by atoms with Crippen molar-refractivity contribution in [1.29, 1.82) is 0 Å². The molecule has 0 amide bonds. The second kappa shape index (κ2) is 5.21. The first-order valence-corrected chi connectivity index (χ1v) is 6.22. The van der Waals surface area contributed by atoms with E-state index in [-0.39, 0.29) is 11.3 Å². The van der Waals surface area contributed by atoms with Crippen LogP contribution >= 0.6 is 0 Å². The molecule has 0 aromatic heterocycles. The van der Waals surface area contributed by atoms with Crippen LogP contribution < -0.4 is 0 Å². The van der Waals surface area contributed by atoms with Gasteiger partial charge in [0.2, 0.25) is 0 Å². The third-order valence-electron chi connectivity index (χ3n) is 3.94. The second-order valence-corrected chi connectivity index (χ2v) is 6.07. The first kappa shape index (κ1) is 14.2. The lowest BCUT2D eigenvalue weighted by atomic mass is 9.67. The maximum atomic E-state index is 11.4. The van der Waals surface area contributed by atoms with Gasteiger partial charge in [-0.15, -0.1) is 0 Å². The highest BCUT2D eigenvalue weighted by molar-refractivity contribution is 5.88. The summed E-state index contributed by atoms with van der Waals surface area (Å²) in [6, 6.07) is 0. The number of ether oxygens (including phenoxy) is 1. The first-order valence-electron chi connectivity index (χ1n) is 6.22. The largest absolute Gasteiger partial charge is 0.466 e. The minimum atomic E-state index is -0.473. The predicted molar refractivity (Wildman–Crippen MR) is 67.4 cm³/mol. The fourth-order valence-electron chi connectivity index (χ4n) is 2.62. The maximum Gasteiger partial charge on any atom is 0.333 e. The molecular formula is C14H24O3. The van der Waals surface area contributed by atoms with Crippen molar-refractivity contribution in [2.75, 3.05) is 7.11 Å². The standard InChI is InChI=1S/C14H24O3/c1-9(13(16)17-5)11-7-6-10(8-12(11)15)14(2,3)4/h10-12,15H,1,6-8H2,2-5H3. The van der Waals surface area contributed by atoms with Crippen LogP contribution in [0.2, 0.25) is 0 Å². The average Bonchev–Trinajstić information content (AvgIpc) is 2.25. The summed E-state index contributed by atoms with van der Waals surface area (Å²) >= 11 is 0. The molecule has 1 N–H and O–H groups in total. The van der Waals surface area contributed by atoms with Gasteiger partial charge in [-0.05, 0) is 30.6 Å². The minimum absolute atomic E-state index is 0.138. The Balaban J connectivity index is 2.66. The van der Waals surface area contributed by atoms with Crippen LogP contribution in [0.1, 0.15) is 40.0 Å². The number of esters is 1. The second-order valence-electron chi connectivity index (χ2n) is 6.07. The van der Waals surface area contributed by atoms with Crippen LogP contribution in [-0.2, 0) is 9.53 Å². The van der Waals surface area contributed by atoms with Gasteiger partial charge in [-0.2, -0.15) is 0 Å². The van der Waals surface area contributed by atoms with Crippen molar-refractivity contribution in [2.24, 2.45) is 17.3 Å². The summed E-state index contributed by atoms with van der Waals surface area (Å²) in [5, 5.41) is 10.1.